The lowest BCUT2D eigenvalue weighted by Gasteiger charge is -2.40. The topological polar surface area (TPSA) is 23.5 Å². The Kier molecular flexibility index (Phi) is 2.52. The summed E-state index contributed by atoms with van der Waals surface area (Å²) in [5, 5.41) is 9.15. The Morgan fingerprint density at radius 3 is 2.64 bits per heavy atom. The van der Waals surface area contributed by atoms with Crippen LogP contribution in [0.3, 0.4) is 0 Å². The molecular weight excluding hydrogens is 181 g/mol. The molecular formula is C11H14FNO. The number of aliphatic hydroxyl groups is 1. The minimum atomic E-state index is -0.232. The minimum absolute atomic E-state index is 0.0552. The van der Waals surface area contributed by atoms with Crippen molar-refractivity contribution in [1.82, 2.24) is 4.90 Å². The van der Waals surface area contributed by atoms with E-state index in [0.29, 0.717) is 18.7 Å². The van der Waals surface area contributed by atoms with E-state index in [1.165, 1.54) is 6.07 Å². The van der Waals surface area contributed by atoms with Crippen molar-refractivity contribution in [2.45, 2.75) is 19.1 Å². The van der Waals surface area contributed by atoms with Gasteiger partial charge in [-0.3, -0.25) is 4.90 Å². The third kappa shape index (κ3) is 1.65. The molecule has 0 aliphatic carbocycles. The maximum absolute atomic E-state index is 13.4. The molecule has 0 spiro atoms. The molecule has 76 valence electrons. The zero-order valence-electron chi connectivity index (χ0n) is 8.15. The molecule has 0 unspecified atom stereocenters. The Balaban J connectivity index is 2.11. The van der Waals surface area contributed by atoms with Crippen molar-refractivity contribution in [2.75, 3.05) is 13.1 Å². The van der Waals surface area contributed by atoms with Crippen LogP contribution < -0.4 is 0 Å². The third-order valence-electron chi connectivity index (χ3n) is 2.79. The number of aliphatic hydroxyl groups excluding tert-OH is 1. The van der Waals surface area contributed by atoms with Crippen molar-refractivity contribution in [3.63, 3.8) is 0 Å². The van der Waals surface area contributed by atoms with Crippen molar-refractivity contribution < 1.29 is 9.50 Å². The molecule has 1 atom stereocenters. The van der Waals surface area contributed by atoms with E-state index in [2.05, 4.69) is 4.90 Å². The molecule has 1 aliphatic rings. The first-order chi connectivity index (χ1) is 6.68. The van der Waals surface area contributed by atoms with E-state index in [1.807, 2.05) is 13.0 Å². The second-order valence-corrected chi connectivity index (χ2v) is 3.81. The number of hydrogen-bond donors (Lipinski definition) is 1. The molecule has 1 fully saturated rings. The van der Waals surface area contributed by atoms with Crippen LogP contribution in [0.4, 0.5) is 4.39 Å². The molecule has 1 aromatic rings. The Labute approximate surface area is 83.0 Å². The summed E-state index contributed by atoms with van der Waals surface area (Å²) in [6.45, 7) is 3.26. The highest BCUT2D eigenvalue weighted by atomic mass is 19.1. The summed E-state index contributed by atoms with van der Waals surface area (Å²) in [7, 11) is 0. The molecule has 0 aromatic heterocycles. The van der Waals surface area contributed by atoms with Gasteiger partial charge in [0.05, 0.1) is 6.10 Å². The molecule has 0 amide bonds. The molecule has 0 bridgehead atoms. The molecule has 0 saturated carbocycles. The largest absolute Gasteiger partial charge is 0.390 e. The van der Waals surface area contributed by atoms with E-state index >= 15 is 0 Å². The fourth-order valence-electron chi connectivity index (χ4n) is 1.81. The van der Waals surface area contributed by atoms with E-state index in [1.54, 1.807) is 12.1 Å². The van der Waals surface area contributed by atoms with Crippen molar-refractivity contribution >= 4 is 0 Å². The van der Waals surface area contributed by atoms with E-state index in [-0.39, 0.29) is 18.0 Å². The number of rotatable bonds is 2. The summed E-state index contributed by atoms with van der Waals surface area (Å²) in [6.07, 6.45) is -0.232. The Bertz CT molecular complexity index is 323. The van der Waals surface area contributed by atoms with Crippen LogP contribution in [0, 0.1) is 5.82 Å². The van der Waals surface area contributed by atoms with E-state index < -0.39 is 0 Å². The first-order valence-electron chi connectivity index (χ1n) is 4.85. The van der Waals surface area contributed by atoms with Gasteiger partial charge in [0, 0.05) is 24.7 Å². The lowest BCUT2D eigenvalue weighted by Crippen LogP contribution is -2.51. The average Bonchev–Trinajstić information content (AvgIpc) is 2.13. The highest BCUT2D eigenvalue weighted by Crippen LogP contribution is 2.26. The summed E-state index contributed by atoms with van der Waals surface area (Å²) in [6, 6.07) is 6.86. The van der Waals surface area contributed by atoms with Crippen LogP contribution in [0.1, 0.15) is 18.5 Å². The van der Waals surface area contributed by atoms with Gasteiger partial charge >= 0.3 is 0 Å². The molecule has 14 heavy (non-hydrogen) atoms. The van der Waals surface area contributed by atoms with E-state index in [4.69, 9.17) is 5.11 Å². The number of halogens is 1. The van der Waals surface area contributed by atoms with Gasteiger partial charge in [-0.25, -0.2) is 4.39 Å². The van der Waals surface area contributed by atoms with Gasteiger partial charge in [-0.05, 0) is 13.0 Å². The van der Waals surface area contributed by atoms with Crippen molar-refractivity contribution in [1.29, 1.82) is 0 Å². The second-order valence-electron chi connectivity index (χ2n) is 3.81. The smallest absolute Gasteiger partial charge is 0.127 e. The Morgan fingerprint density at radius 2 is 2.07 bits per heavy atom. The minimum Gasteiger partial charge on any atom is -0.390 e. The lowest BCUT2D eigenvalue weighted by molar-refractivity contribution is -0.0218. The van der Waals surface area contributed by atoms with Crippen molar-refractivity contribution in [3.05, 3.63) is 35.6 Å². The van der Waals surface area contributed by atoms with Gasteiger partial charge in [-0.2, -0.15) is 0 Å². The molecule has 2 nitrogen and oxygen atoms in total. The van der Waals surface area contributed by atoms with Gasteiger partial charge in [0.2, 0.25) is 0 Å². The second kappa shape index (κ2) is 3.67. The van der Waals surface area contributed by atoms with Gasteiger partial charge in [-0.15, -0.1) is 0 Å². The van der Waals surface area contributed by atoms with Crippen LogP contribution in [0.15, 0.2) is 24.3 Å². The molecule has 0 radical (unpaired) electrons. The molecule has 2 rings (SSSR count). The monoisotopic (exact) mass is 195 g/mol. The lowest BCUT2D eigenvalue weighted by atomic mass is 10.0. The molecule has 3 heteroatoms. The highest BCUT2D eigenvalue weighted by molar-refractivity contribution is 5.21. The summed E-state index contributed by atoms with van der Waals surface area (Å²) in [5.41, 5.74) is 0.708. The predicted molar refractivity (Wildman–Crippen MR) is 52.4 cm³/mol. The molecule has 1 heterocycles. The van der Waals surface area contributed by atoms with Gasteiger partial charge < -0.3 is 5.11 Å². The Morgan fingerprint density at radius 1 is 1.43 bits per heavy atom. The van der Waals surface area contributed by atoms with Gasteiger partial charge in [0.25, 0.3) is 0 Å². The zero-order chi connectivity index (χ0) is 10.1. The van der Waals surface area contributed by atoms with Gasteiger partial charge in [-0.1, -0.05) is 18.2 Å². The highest BCUT2D eigenvalue weighted by Gasteiger charge is 2.30. The molecule has 1 aromatic carbocycles. The van der Waals surface area contributed by atoms with Crippen LogP contribution in [0.2, 0.25) is 0 Å². The van der Waals surface area contributed by atoms with E-state index in [0.717, 1.165) is 0 Å². The van der Waals surface area contributed by atoms with E-state index in [9.17, 15) is 4.39 Å². The normalized spacial score (nSPS) is 20.5. The van der Waals surface area contributed by atoms with Crippen LogP contribution in [0.5, 0.6) is 0 Å². The van der Waals surface area contributed by atoms with Crippen LogP contribution in [-0.4, -0.2) is 29.2 Å². The standard InChI is InChI=1S/C11H14FNO/c1-8(13-6-9(14)7-13)10-4-2-3-5-11(10)12/h2-5,8-9,14H,6-7H2,1H3/t8-/m1/s1. The van der Waals surface area contributed by atoms with Gasteiger partial charge in [0.1, 0.15) is 5.82 Å². The first-order valence-corrected chi connectivity index (χ1v) is 4.85. The summed E-state index contributed by atoms with van der Waals surface area (Å²) in [5.74, 6) is -0.165. The predicted octanol–water partition coefficient (Wildman–Crippen LogP) is 1.56. The quantitative estimate of drug-likeness (QED) is 0.774. The maximum atomic E-state index is 13.4. The fourth-order valence-corrected chi connectivity index (χ4v) is 1.81. The number of benzene rings is 1. The summed E-state index contributed by atoms with van der Waals surface area (Å²) >= 11 is 0. The number of likely N-dealkylation sites (tertiary alicyclic amines) is 1. The average molecular weight is 195 g/mol. The van der Waals surface area contributed by atoms with Crippen molar-refractivity contribution in [2.24, 2.45) is 0 Å². The SMILES string of the molecule is C[C@H](c1ccccc1F)N1CC(O)C1. The van der Waals surface area contributed by atoms with Crippen LogP contribution in [-0.2, 0) is 0 Å². The molecule has 1 saturated heterocycles. The third-order valence-corrected chi connectivity index (χ3v) is 2.79. The molecule has 1 N–H and O–H groups in total. The number of hydrogen-bond acceptors (Lipinski definition) is 2. The zero-order valence-corrected chi connectivity index (χ0v) is 8.15. The number of β-amino-alcohol motifs (C(OH)–C–C–N with tert-alkyl or cyclic N) is 1. The van der Waals surface area contributed by atoms with Crippen LogP contribution >= 0.6 is 0 Å². The van der Waals surface area contributed by atoms with Gasteiger partial charge in [0.15, 0.2) is 0 Å². The number of nitrogens with zero attached hydrogens (tertiary/aromatic N) is 1. The van der Waals surface area contributed by atoms with Crippen molar-refractivity contribution in [3.8, 4) is 0 Å². The summed E-state index contributed by atoms with van der Waals surface area (Å²) < 4.78 is 13.4. The Hall–Kier alpha value is -0.930. The maximum Gasteiger partial charge on any atom is 0.127 e. The first kappa shape index (κ1) is 9.62. The molecule has 1 aliphatic heterocycles. The van der Waals surface area contributed by atoms with Crippen LogP contribution in [0.25, 0.3) is 0 Å². The fraction of sp³-hybridized carbons (Fsp3) is 0.455. The summed E-state index contributed by atoms with van der Waals surface area (Å²) in [4.78, 5) is 2.06.